The summed E-state index contributed by atoms with van der Waals surface area (Å²) < 4.78 is 41.5. The molecule has 2 heterocycles. The summed E-state index contributed by atoms with van der Waals surface area (Å²) in [7, 11) is 2.74. The Kier molecular flexibility index (Phi) is 7.58. The number of fused-ring (bicyclic) bond motifs is 2. The van der Waals surface area contributed by atoms with Crippen LogP contribution in [0, 0.1) is 5.92 Å². The Hall–Kier alpha value is -4.25. The third-order valence-electron chi connectivity index (χ3n) is 8.98. The van der Waals surface area contributed by atoms with Crippen molar-refractivity contribution in [3.63, 3.8) is 0 Å². The van der Waals surface area contributed by atoms with Crippen molar-refractivity contribution in [3.8, 4) is 17.2 Å². The zero-order chi connectivity index (χ0) is 31.4. The van der Waals surface area contributed by atoms with E-state index in [9.17, 15) is 19.5 Å². The zero-order valence-corrected chi connectivity index (χ0v) is 25.5. The Balaban J connectivity index is 1.91. The zero-order valence-electron chi connectivity index (χ0n) is 25.5. The summed E-state index contributed by atoms with van der Waals surface area (Å²) in [6, 6.07) is 1.69. The standard InChI is InChI=1S/C32H36O11/c1-9-15(3)29(34)42-23-17(5)31(6,36)27(43-30(35)16(4)10-2)19-12-20(33)24(37-7)28(38-8)32(19)13-39-26-22(32)18(23)11-21-25(26)41-14-40-21/h9-12,17,23,27,36H,13-14H2,1-8H3/t17-,23+,27-,31-,32-/m0/s1. The van der Waals surface area contributed by atoms with E-state index < -0.39 is 46.9 Å². The summed E-state index contributed by atoms with van der Waals surface area (Å²) in [5.74, 6) is -1.78. The van der Waals surface area contributed by atoms with Gasteiger partial charge in [0, 0.05) is 28.2 Å². The van der Waals surface area contributed by atoms with Gasteiger partial charge < -0.3 is 38.3 Å². The molecule has 1 spiro atoms. The second-order valence-electron chi connectivity index (χ2n) is 11.2. The smallest absolute Gasteiger partial charge is 0.334 e. The molecular weight excluding hydrogens is 560 g/mol. The molecule has 43 heavy (non-hydrogen) atoms. The molecule has 0 saturated heterocycles. The van der Waals surface area contributed by atoms with Crippen molar-refractivity contribution >= 4 is 17.7 Å². The highest BCUT2D eigenvalue weighted by Crippen LogP contribution is 2.63. The second-order valence-corrected chi connectivity index (χ2v) is 11.2. The minimum Gasteiger partial charge on any atom is -0.496 e. The van der Waals surface area contributed by atoms with Crippen molar-refractivity contribution in [2.45, 2.75) is 64.8 Å². The van der Waals surface area contributed by atoms with Crippen molar-refractivity contribution in [2.75, 3.05) is 27.6 Å². The summed E-state index contributed by atoms with van der Waals surface area (Å²) >= 11 is 0. The van der Waals surface area contributed by atoms with E-state index in [1.807, 2.05) is 0 Å². The fraction of sp³-hybridized carbons (Fsp3) is 0.469. The summed E-state index contributed by atoms with van der Waals surface area (Å²) in [6.07, 6.45) is 1.98. The monoisotopic (exact) mass is 596 g/mol. The van der Waals surface area contributed by atoms with Crippen molar-refractivity contribution in [3.05, 3.63) is 63.7 Å². The SMILES string of the molecule is CC=C(C)C(=O)O[C@H]1c2cc3c(c4c2[C@]2(CO4)C(=CC(=O)C(OC)=C2OC)[C@H](OC(=O)C(C)=CC)[C@@](C)(O)[C@H]1C)OCO3. The van der Waals surface area contributed by atoms with Gasteiger partial charge in [-0.3, -0.25) is 4.79 Å². The number of rotatable bonds is 6. The van der Waals surface area contributed by atoms with Crippen molar-refractivity contribution in [2.24, 2.45) is 5.92 Å². The molecule has 0 bridgehead atoms. The largest absolute Gasteiger partial charge is 0.496 e. The molecule has 11 heteroatoms. The highest BCUT2D eigenvalue weighted by atomic mass is 16.7. The molecule has 5 rings (SSSR count). The Morgan fingerprint density at radius 3 is 2.26 bits per heavy atom. The summed E-state index contributed by atoms with van der Waals surface area (Å²) in [5, 5.41) is 12.4. The third-order valence-corrected chi connectivity index (χ3v) is 8.98. The summed E-state index contributed by atoms with van der Waals surface area (Å²) in [6.45, 7) is 9.57. The van der Waals surface area contributed by atoms with Gasteiger partial charge in [-0.15, -0.1) is 0 Å². The number of hydrogen-bond acceptors (Lipinski definition) is 11. The number of allylic oxidation sites excluding steroid dienone is 3. The maximum absolute atomic E-state index is 13.5. The van der Waals surface area contributed by atoms with Crippen LogP contribution >= 0.6 is 0 Å². The van der Waals surface area contributed by atoms with Gasteiger partial charge in [0.25, 0.3) is 0 Å². The first-order valence-electron chi connectivity index (χ1n) is 14.0. The molecule has 0 saturated carbocycles. The molecule has 0 radical (unpaired) electrons. The molecule has 5 atom stereocenters. The van der Waals surface area contributed by atoms with Gasteiger partial charge in [-0.1, -0.05) is 19.1 Å². The first-order valence-corrected chi connectivity index (χ1v) is 14.0. The van der Waals surface area contributed by atoms with Gasteiger partial charge in [0.05, 0.1) is 14.2 Å². The fourth-order valence-corrected chi connectivity index (χ4v) is 6.14. The number of methoxy groups -OCH3 is 2. The van der Waals surface area contributed by atoms with Gasteiger partial charge in [-0.25, -0.2) is 9.59 Å². The van der Waals surface area contributed by atoms with Crippen LogP contribution in [-0.4, -0.2) is 62.2 Å². The highest BCUT2D eigenvalue weighted by molar-refractivity contribution is 6.06. The minimum absolute atomic E-state index is 0.0721. The van der Waals surface area contributed by atoms with Gasteiger partial charge in [0.15, 0.2) is 23.4 Å². The van der Waals surface area contributed by atoms with E-state index in [0.717, 1.165) is 0 Å². The van der Waals surface area contributed by atoms with Crippen molar-refractivity contribution in [1.82, 2.24) is 0 Å². The molecule has 1 aromatic carbocycles. The number of hydrogen-bond donors (Lipinski definition) is 1. The predicted octanol–water partition coefficient (Wildman–Crippen LogP) is 3.89. The van der Waals surface area contributed by atoms with Crippen LogP contribution in [0.4, 0.5) is 0 Å². The van der Waals surface area contributed by atoms with E-state index in [4.69, 9.17) is 33.2 Å². The first-order chi connectivity index (χ1) is 20.4. The van der Waals surface area contributed by atoms with Gasteiger partial charge >= 0.3 is 11.9 Å². The highest BCUT2D eigenvalue weighted by Gasteiger charge is 2.64. The maximum Gasteiger partial charge on any atom is 0.334 e. The van der Waals surface area contributed by atoms with E-state index in [1.165, 1.54) is 27.2 Å². The normalized spacial score (nSPS) is 29.5. The van der Waals surface area contributed by atoms with Gasteiger partial charge in [-0.2, -0.15) is 0 Å². The van der Waals surface area contributed by atoms with Crippen LogP contribution in [-0.2, 0) is 38.7 Å². The van der Waals surface area contributed by atoms with E-state index in [2.05, 4.69) is 0 Å². The predicted molar refractivity (Wildman–Crippen MR) is 151 cm³/mol. The number of aliphatic hydroxyl groups is 1. The quantitative estimate of drug-likeness (QED) is 0.378. The van der Waals surface area contributed by atoms with Gasteiger partial charge in [0.1, 0.15) is 23.7 Å². The Bertz CT molecular complexity index is 1530. The molecule has 4 aliphatic rings. The molecule has 2 aliphatic heterocycles. The number of carbonyl (C=O) groups excluding carboxylic acids is 3. The molecule has 0 amide bonds. The lowest BCUT2D eigenvalue weighted by Gasteiger charge is -2.49. The average Bonchev–Trinajstić information content (AvgIpc) is 3.62. The minimum atomic E-state index is -1.90. The first kappa shape index (κ1) is 30.2. The average molecular weight is 597 g/mol. The lowest BCUT2D eigenvalue weighted by molar-refractivity contribution is -0.176. The van der Waals surface area contributed by atoms with Crippen LogP contribution in [0.1, 0.15) is 58.8 Å². The summed E-state index contributed by atoms with van der Waals surface area (Å²) in [4.78, 5) is 40.1. The lowest BCUT2D eigenvalue weighted by Crippen LogP contribution is -2.57. The summed E-state index contributed by atoms with van der Waals surface area (Å²) in [5.41, 5.74) is -1.59. The number of esters is 2. The topological polar surface area (TPSA) is 136 Å². The van der Waals surface area contributed by atoms with Crippen LogP contribution < -0.4 is 14.2 Å². The number of benzene rings is 1. The van der Waals surface area contributed by atoms with E-state index in [0.29, 0.717) is 39.5 Å². The van der Waals surface area contributed by atoms with Crippen LogP contribution in [0.25, 0.3) is 0 Å². The van der Waals surface area contributed by atoms with E-state index in [1.54, 1.807) is 52.8 Å². The van der Waals surface area contributed by atoms with Crippen LogP contribution in [0.3, 0.4) is 0 Å². The number of carbonyl (C=O) groups is 3. The molecule has 2 aliphatic carbocycles. The van der Waals surface area contributed by atoms with Crippen molar-refractivity contribution in [1.29, 1.82) is 0 Å². The third kappa shape index (κ3) is 4.31. The molecule has 1 N–H and O–H groups in total. The molecule has 0 aromatic heterocycles. The Morgan fingerprint density at radius 1 is 1.00 bits per heavy atom. The molecule has 1 aromatic rings. The van der Waals surface area contributed by atoms with Crippen LogP contribution in [0.2, 0.25) is 0 Å². The molecular formula is C32H36O11. The Morgan fingerprint density at radius 2 is 1.65 bits per heavy atom. The maximum atomic E-state index is 13.5. The number of ether oxygens (including phenoxy) is 7. The molecule has 0 unspecified atom stereocenters. The van der Waals surface area contributed by atoms with Crippen LogP contribution in [0.15, 0.2) is 52.5 Å². The molecule has 11 nitrogen and oxygen atoms in total. The van der Waals surface area contributed by atoms with Gasteiger partial charge in [0.2, 0.25) is 24.1 Å². The number of ketones is 1. The lowest BCUT2D eigenvalue weighted by atomic mass is 9.60. The Labute approximate surface area is 249 Å². The van der Waals surface area contributed by atoms with E-state index >= 15 is 0 Å². The van der Waals surface area contributed by atoms with Crippen LogP contribution in [0.5, 0.6) is 17.2 Å². The van der Waals surface area contributed by atoms with Gasteiger partial charge in [-0.05, 0) is 52.3 Å². The second kappa shape index (κ2) is 10.8. The molecule has 230 valence electrons. The fourth-order valence-electron chi connectivity index (χ4n) is 6.14. The molecule has 0 fully saturated rings. The van der Waals surface area contributed by atoms with E-state index in [-0.39, 0.29) is 30.5 Å². The van der Waals surface area contributed by atoms with Crippen molar-refractivity contribution < 1.29 is 52.6 Å².